The van der Waals surface area contributed by atoms with Crippen LogP contribution in [0.2, 0.25) is 0 Å². The van der Waals surface area contributed by atoms with E-state index < -0.39 is 23.1 Å². The quantitative estimate of drug-likeness (QED) is 0.598. The predicted octanol–water partition coefficient (Wildman–Crippen LogP) is 5.46. The minimum Gasteiger partial charge on any atom is -0.347 e. The van der Waals surface area contributed by atoms with E-state index in [-0.39, 0.29) is 17.0 Å². The van der Waals surface area contributed by atoms with Crippen molar-refractivity contribution in [1.29, 1.82) is 0 Å². The van der Waals surface area contributed by atoms with Gasteiger partial charge in [0.25, 0.3) is 5.91 Å². The van der Waals surface area contributed by atoms with Crippen LogP contribution in [0.5, 0.6) is 0 Å². The minimum atomic E-state index is -4.58. The normalized spacial score (nSPS) is 12.8. The van der Waals surface area contributed by atoms with Crippen molar-refractivity contribution in [3.05, 3.63) is 80.1 Å². The van der Waals surface area contributed by atoms with Gasteiger partial charge in [-0.05, 0) is 75.1 Å². The van der Waals surface area contributed by atoms with Gasteiger partial charge in [-0.3, -0.25) is 9.59 Å². The van der Waals surface area contributed by atoms with Gasteiger partial charge < -0.3 is 9.88 Å². The Morgan fingerprint density at radius 2 is 1.71 bits per heavy atom. The SMILES string of the molecule is CCn1cc(C(=O)NC(C)c2cc(C)c(C)cc2C)c(=O)c2cc(C(F)(F)F)ccc21. The monoisotopic (exact) mass is 430 g/mol. The first-order chi connectivity index (χ1) is 14.4. The lowest BCUT2D eigenvalue weighted by Crippen LogP contribution is -2.32. The maximum atomic E-state index is 13.2. The fourth-order valence-corrected chi connectivity index (χ4v) is 3.80. The lowest BCUT2D eigenvalue weighted by atomic mass is 9.96. The molecule has 0 aliphatic carbocycles. The van der Waals surface area contributed by atoms with Crippen LogP contribution in [0.1, 0.15) is 58.1 Å². The molecular weight excluding hydrogens is 405 g/mol. The van der Waals surface area contributed by atoms with Crippen LogP contribution in [0.15, 0.2) is 41.3 Å². The second kappa shape index (κ2) is 8.21. The molecule has 2 aromatic carbocycles. The number of hydrogen-bond donors (Lipinski definition) is 1. The van der Waals surface area contributed by atoms with Crippen molar-refractivity contribution in [3.8, 4) is 0 Å². The van der Waals surface area contributed by atoms with Gasteiger partial charge in [0.2, 0.25) is 5.43 Å². The van der Waals surface area contributed by atoms with Gasteiger partial charge in [-0.2, -0.15) is 13.2 Å². The summed E-state index contributed by atoms with van der Waals surface area (Å²) < 4.78 is 41.1. The number of amides is 1. The molecule has 7 heteroatoms. The van der Waals surface area contributed by atoms with Crippen LogP contribution in [0.25, 0.3) is 10.9 Å². The maximum absolute atomic E-state index is 13.2. The highest BCUT2D eigenvalue weighted by atomic mass is 19.4. The topological polar surface area (TPSA) is 51.1 Å². The third-order valence-electron chi connectivity index (χ3n) is 5.69. The second-order valence-corrected chi connectivity index (χ2v) is 7.88. The summed E-state index contributed by atoms with van der Waals surface area (Å²) in [6.45, 7) is 9.94. The lowest BCUT2D eigenvalue weighted by molar-refractivity contribution is -0.137. The third-order valence-corrected chi connectivity index (χ3v) is 5.69. The molecule has 4 nitrogen and oxygen atoms in total. The summed E-state index contributed by atoms with van der Waals surface area (Å²) in [6.07, 6.45) is -3.17. The van der Waals surface area contributed by atoms with Gasteiger partial charge in [0.05, 0.1) is 17.1 Å². The Hall–Kier alpha value is -3.09. The number of rotatable bonds is 4. The molecular formula is C24H25F3N2O2. The molecule has 164 valence electrons. The van der Waals surface area contributed by atoms with Crippen LogP contribution in [-0.2, 0) is 12.7 Å². The average molecular weight is 430 g/mol. The average Bonchev–Trinajstić information content (AvgIpc) is 2.70. The zero-order chi connectivity index (χ0) is 23.1. The maximum Gasteiger partial charge on any atom is 0.416 e. The molecule has 0 fully saturated rings. The Kier molecular flexibility index (Phi) is 5.98. The summed E-state index contributed by atoms with van der Waals surface area (Å²) in [6, 6.07) is 6.68. The van der Waals surface area contributed by atoms with E-state index in [2.05, 4.69) is 5.32 Å². The number of halogens is 3. The number of carbonyl (C=O) groups is 1. The number of pyridine rings is 1. The van der Waals surface area contributed by atoms with Crippen molar-refractivity contribution in [1.82, 2.24) is 9.88 Å². The van der Waals surface area contributed by atoms with E-state index in [9.17, 15) is 22.8 Å². The third kappa shape index (κ3) is 4.36. The molecule has 1 aromatic heterocycles. The van der Waals surface area contributed by atoms with Crippen LogP contribution in [-0.4, -0.2) is 10.5 Å². The summed E-state index contributed by atoms with van der Waals surface area (Å²) in [7, 11) is 0. The molecule has 0 aliphatic heterocycles. The molecule has 0 aliphatic rings. The molecule has 1 N–H and O–H groups in total. The first-order valence-corrected chi connectivity index (χ1v) is 10.1. The molecule has 0 radical (unpaired) electrons. The molecule has 0 bridgehead atoms. The van der Waals surface area contributed by atoms with Gasteiger partial charge in [-0.15, -0.1) is 0 Å². The molecule has 0 spiro atoms. The highest BCUT2D eigenvalue weighted by Crippen LogP contribution is 2.31. The Morgan fingerprint density at radius 1 is 1.06 bits per heavy atom. The van der Waals surface area contributed by atoms with Gasteiger partial charge in [-0.25, -0.2) is 0 Å². The number of aromatic nitrogens is 1. The first-order valence-electron chi connectivity index (χ1n) is 10.1. The van der Waals surface area contributed by atoms with Crippen molar-refractivity contribution in [3.63, 3.8) is 0 Å². The fourth-order valence-electron chi connectivity index (χ4n) is 3.80. The second-order valence-electron chi connectivity index (χ2n) is 7.88. The van der Waals surface area contributed by atoms with Gasteiger partial charge in [-0.1, -0.05) is 12.1 Å². The molecule has 0 saturated heterocycles. The summed E-state index contributed by atoms with van der Waals surface area (Å²) in [5, 5.41) is 2.70. The van der Waals surface area contributed by atoms with Gasteiger partial charge in [0.15, 0.2) is 0 Å². The Morgan fingerprint density at radius 3 is 2.32 bits per heavy atom. The summed E-state index contributed by atoms with van der Waals surface area (Å²) >= 11 is 0. The van der Waals surface area contributed by atoms with Crippen molar-refractivity contribution >= 4 is 16.8 Å². The van der Waals surface area contributed by atoms with E-state index in [1.807, 2.05) is 39.8 Å². The largest absolute Gasteiger partial charge is 0.416 e. The van der Waals surface area contributed by atoms with Crippen molar-refractivity contribution in [2.45, 2.75) is 53.4 Å². The van der Waals surface area contributed by atoms with Gasteiger partial charge in [0, 0.05) is 18.1 Å². The van der Waals surface area contributed by atoms with E-state index in [0.29, 0.717) is 12.1 Å². The first kappa shape index (κ1) is 22.6. The Balaban J connectivity index is 2.05. The van der Waals surface area contributed by atoms with E-state index in [0.717, 1.165) is 34.4 Å². The zero-order valence-corrected chi connectivity index (χ0v) is 18.1. The fraction of sp³-hybridized carbons (Fsp3) is 0.333. The van der Waals surface area contributed by atoms with Crippen LogP contribution in [0, 0.1) is 20.8 Å². The van der Waals surface area contributed by atoms with Crippen molar-refractivity contribution in [2.24, 2.45) is 0 Å². The predicted molar refractivity (Wildman–Crippen MR) is 115 cm³/mol. The summed E-state index contributed by atoms with van der Waals surface area (Å²) in [5.74, 6) is -0.614. The molecule has 1 amide bonds. The van der Waals surface area contributed by atoms with E-state index in [4.69, 9.17) is 0 Å². The van der Waals surface area contributed by atoms with Crippen molar-refractivity contribution in [2.75, 3.05) is 0 Å². The number of nitrogens with one attached hydrogen (secondary N) is 1. The number of aryl methyl sites for hydroxylation is 4. The van der Waals surface area contributed by atoms with Crippen LogP contribution in [0.3, 0.4) is 0 Å². The van der Waals surface area contributed by atoms with Crippen LogP contribution in [0.4, 0.5) is 13.2 Å². The summed E-state index contributed by atoms with van der Waals surface area (Å²) in [4.78, 5) is 25.9. The van der Waals surface area contributed by atoms with Crippen molar-refractivity contribution < 1.29 is 18.0 Å². The number of benzene rings is 2. The molecule has 1 atom stereocenters. The molecule has 3 rings (SSSR count). The van der Waals surface area contributed by atoms with E-state index in [1.54, 1.807) is 11.5 Å². The lowest BCUT2D eigenvalue weighted by Gasteiger charge is -2.19. The molecule has 0 saturated carbocycles. The van der Waals surface area contributed by atoms with Gasteiger partial charge >= 0.3 is 6.18 Å². The molecule has 1 unspecified atom stereocenters. The summed E-state index contributed by atoms with van der Waals surface area (Å²) in [5.41, 5.74) is 2.70. The van der Waals surface area contributed by atoms with Crippen LogP contribution >= 0.6 is 0 Å². The number of alkyl halides is 3. The Bertz CT molecular complexity index is 1230. The standard InChI is InChI=1S/C24H25F3N2O2/c1-6-29-12-20(22(30)19-11-17(24(25,26)27)7-8-21(19)29)23(31)28-16(5)18-10-14(3)13(2)9-15(18)4/h7-12,16H,6H2,1-5H3,(H,28,31). The number of fused-ring (bicyclic) bond motifs is 1. The number of carbonyl (C=O) groups excluding carboxylic acids is 1. The smallest absolute Gasteiger partial charge is 0.347 e. The van der Waals surface area contributed by atoms with Crippen LogP contribution < -0.4 is 10.7 Å². The molecule has 1 heterocycles. The van der Waals surface area contributed by atoms with Gasteiger partial charge in [0.1, 0.15) is 5.56 Å². The number of nitrogens with zero attached hydrogens (tertiary/aromatic N) is 1. The molecule has 3 aromatic rings. The van der Waals surface area contributed by atoms with E-state index >= 15 is 0 Å². The zero-order valence-electron chi connectivity index (χ0n) is 18.1. The highest BCUT2D eigenvalue weighted by molar-refractivity contribution is 5.97. The van der Waals surface area contributed by atoms with E-state index in [1.165, 1.54) is 12.3 Å². The number of hydrogen-bond acceptors (Lipinski definition) is 2. The highest BCUT2D eigenvalue weighted by Gasteiger charge is 2.31. The Labute approximate surface area is 178 Å². The minimum absolute atomic E-state index is 0.126. The molecule has 31 heavy (non-hydrogen) atoms.